The first-order valence-electron chi connectivity index (χ1n) is 9.37. The number of carbonyl (C=O) groups excluding carboxylic acids is 1. The van der Waals surface area contributed by atoms with Gasteiger partial charge in [-0.25, -0.2) is 4.79 Å². The number of piperidine rings is 1. The molecule has 146 valence electrons. The number of nitrogens with one attached hydrogen (secondary N) is 2. The summed E-state index contributed by atoms with van der Waals surface area (Å²) in [5.41, 5.74) is 1.64. The van der Waals surface area contributed by atoms with Crippen LogP contribution >= 0.6 is 0 Å². The van der Waals surface area contributed by atoms with E-state index in [0.717, 1.165) is 37.1 Å². The highest BCUT2D eigenvalue weighted by Crippen LogP contribution is 2.09. The van der Waals surface area contributed by atoms with Crippen LogP contribution in [-0.2, 0) is 27.4 Å². The number of benzene rings is 1. The number of rotatable bonds is 8. The first-order chi connectivity index (χ1) is 12.4. The Labute approximate surface area is 156 Å². The van der Waals surface area contributed by atoms with E-state index >= 15 is 0 Å². The van der Waals surface area contributed by atoms with Gasteiger partial charge in [0, 0.05) is 6.54 Å². The topological polar surface area (TPSA) is 68.8 Å². The van der Waals surface area contributed by atoms with Crippen molar-refractivity contribution in [2.24, 2.45) is 0 Å². The van der Waals surface area contributed by atoms with E-state index in [2.05, 4.69) is 10.6 Å². The Morgan fingerprint density at radius 2 is 1.77 bits per heavy atom. The fourth-order valence-corrected chi connectivity index (χ4v) is 2.67. The third-order valence-electron chi connectivity index (χ3n) is 3.99. The van der Waals surface area contributed by atoms with E-state index in [0.29, 0.717) is 32.5 Å². The maximum absolute atomic E-state index is 11.6. The lowest BCUT2D eigenvalue weighted by atomic mass is 10.1. The predicted molar refractivity (Wildman–Crippen MR) is 101 cm³/mol. The molecule has 0 saturated carbocycles. The Balaban J connectivity index is 1.59. The average molecular weight is 364 g/mol. The van der Waals surface area contributed by atoms with Crippen molar-refractivity contribution in [2.75, 3.05) is 26.3 Å². The fraction of sp³-hybridized carbons (Fsp3) is 0.650. The highest BCUT2D eigenvalue weighted by atomic mass is 16.6. The first-order valence-corrected chi connectivity index (χ1v) is 9.37. The minimum absolute atomic E-state index is 0.372. The SMILES string of the molecule is CC(C)(C)OC(=O)NCc1ccc(COCCOC2CCNCC2)cc1. The first kappa shape index (κ1) is 20.7. The number of ether oxygens (including phenoxy) is 3. The summed E-state index contributed by atoms with van der Waals surface area (Å²) < 4.78 is 16.7. The second-order valence-electron chi connectivity index (χ2n) is 7.54. The fourth-order valence-electron chi connectivity index (χ4n) is 2.67. The largest absolute Gasteiger partial charge is 0.444 e. The zero-order valence-corrected chi connectivity index (χ0v) is 16.2. The Bertz CT molecular complexity index is 534. The molecule has 1 fully saturated rings. The Morgan fingerprint density at radius 3 is 2.42 bits per heavy atom. The number of carbonyl (C=O) groups is 1. The van der Waals surface area contributed by atoms with Gasteiger partial charge in [0.1, 0.15) is 5.60 Å². The molecule has 1 aliphatic heterocycles. The average Bonchev–Trinajstić information content (AvgIpc) is 2.60. The minimum atomic E-state index is -0.483. The molecule has 1 aromatic rings. The predicted octanol–water partition coefficient (Wildman–Crippen LogP) is 3.00. The van der Waals surface area contributed by atoms with Crippen LogP contribution in [-0.4, -0.2) is 44.1 Å². The van der Waals surface area contributed by atoms with Gasteiger partial charge in [-0.2, -0.15) is 0 Å². The molecule has 1 saturated heterocycles. The van der Waals surface area contributed by atoms with E-state index in [1.807, 2.05) is 45.0 Å². The van der Waals surface area contributed by atoms with Gasteiger partial charge in [-0.1, -0.05) is 24.3 Å². The summed E-state index contributed by atoms with van der Waals surface area (Å²) in [6, 6.07) is 8.00. The van der Waals surface area contributed by atoms with Gasteiger partial charge in [0.15, 0.2) is 0 Å². The standard InChI is InChI=1S/C20H32N2O4/c1-20(2,3)26-19(23)22-14-16-4-6-17(7-5-16)15-24-12-13-25-18-8-10-21-11-9-18/h4-7,18,21H,8-15H2,1-3H3,(H,22,23). The molecule has 0 aromatic heterocycles. The quantitative estimate of drug-likeness (QED) is 0.694. The Hall–Kier alpha value is -1.63. The summed E-state index contributed by atoms with van der Waals surface area (Å²) in [6.07, 6.45) is 2.13. The van der Waals surface area contributed by atoms with Crippen LogP contribution in [0, 0.1) is 0 Å². The summed E-state index contributed by atoms with van der Waals surface area (Å²) in [4.78, 5) is 11.6. The van der Waals surface area contributed by atoms with Crippen LogP contribution in [0.1, 0.15) is 44.7 Å². The minimum Gasteiger partial charge on any atom is -0.444 e. The Morgan fingerprint density at radius 1 is 1.12 bits per heavy atom. The molecule has 6 heteroatoms. The van der Waals surface area contributed by atoms with E-state index in [4.69, 9.17) is 14.2 Å². The summed E-state index contributed by atoms with van der Waals surface area (Å²) >= 11 is 0. The van der Waals surface area contributed by atoms with E-state index in [-0.39, 0.29) is 0 Å². The third-order valence-corrected chi connectivity index (χ3v) is 3.99. The van der Waals surface area contributed by atoms with Crippen LogP contribution in [0.2, 0.25) is 0 Å². The molecule has 1 aromatic carbocycles. The second-order valence-corrected chi connectivity index (χ2v) is 7.54. The molecule has 1 aliphatic rings. The molecule has 0 aliphatic carbocycles. The molecule has 0 atom stereocenters. The lowest BCUT2D eigenvalue weighted by molar-refractivity contribution is -0.0109. The van der Waals surface area contributed by atoms with Gasteiger partial charge < -0.3 is 24.8 Å². The van der Waals surface area contributed by atoms with Gasteiger partial charge in [0.2, 0.25) is 0 Å². The van der Waals surface area contributed by atoms with Crippen LogP contribution in [0.4, 0.5) is 4.79 Å². The number of alkyl carbamates (subject to hydrolysis) is 1. The third kappa shape index (κ3) is 8.65. The summed E-state index contributed by atoms with van der Waals surface area (Å²) in [5, 5.41) is 6.08. The molecule has 0 bridgehead atoms. The monoisotopic (exact) mass is 364 g/mol. The lowest BCUT2D eigenvalue weighted by Crippen LogP contribution is -2.33. The maximum atomic E-state index is 11.6. The van der Waals surface area contributed by atoms with Crippen molar-refractivity contribution in [3.63, 3.8) is 0 Å². The molecule has 2 rings (SSSR count). The normalized spacial score (nSPS) is 15.7. The molecular weight excluding hydrogens is 332 g/mol. The zero-order chi connectivity index (χ0) is 18.8. The van der Waals surface area contributed by atoms with Gasteiger partial charge >= 0.3 is 6.09 Å². The second kappa shape index (κ2) is 10.5. The Kier molecular flexibility index (Phi) is 8.35. The molecule has 6 nitrogen and oxygen atoms in total. The smallest absolute Gasteiger partial charge is 0.407 e. The van der Waals surface area contributed by atoms with E-state index in [1.54, 1.807) is 0 Å². The van der Waals surface area contributed by atoms with Gasteiger partial charge in [-0.05, 0) is 57.8 Å². The molecule has 26 heavy (non-hydrogen) atoms. The number of hydrogen-bond acceptors (Lipinski definition) is 5. The van der Waals surface area contributed by atoms with Crippen molar-refractivity contribution >= 4 is 6.09 Å². The van der Waals surface area contributed by atoms with Crippen molar-refractivity contribution in [3.05, 3.63) is 35.4 Å². The highest BCUT2D eigenvalue weighted by molar-refractivity contribution is 5.67. The van der Waals surface area contributed by atoms with Crippen LogP contribution in [0.5, 0.6) is 0 Å². The molecular formula is C20H32N2O4. The molecule has 2 N–H and O–H groups in total. The van der Waals surface area contributed by atoms with Crippen LogP contribution in [0.25, 0.3) is 0 Å². The number of hydrogen-bond donors (Lipinski definition) is 2. The van der Waals surface area contributed by atoms with Gasteiger partial charge in [0.25, 0.3) is 0 Å². The molecule has 0 unspecified atom stereocenters. The summed E-state index contributed by atoms with van der Waals surface area (Å²) in [5.74, 6) is 0. The van der Waals surface area contributed by atoms with Crippen molar-refractivity contribution < 1.29 is 19.0 Å². The maximum Gasteiger partial charge on any atom is 0.407 e. The van der Waals surface area contributed by atoms with Gasteiger partial charge in [-0.15, -0.1) is 0 Å². The summed E-state index contributed by atoms with van der Waals surface area (Å²) in [7, 11) is 0. The van der Waals surface area contributed by atoms with E-state index in [1.165, 1.54) is 0 Å². The lowest BCUT2D eigenvalue weighted by Gasteiger charge is -2.22. The van der Waals surface area contributed by atoms with Crippen LogP contribution in [0.15, 0.2) is 24.3 Å². The summed E-state index contributed by atoms with van der Waals surface area (Å²) in [6.45, 7) is 9.88. The molecule has 1 amide bonds. The number of amides is 1. The highest BCUT2D eigenvalue weighted by Gasteiger charge is 2.15. The molecule has 0 spiro atoms. The van der Waals surface area contributed by atoms with Crippen LogP contribution in [0.3, 0.4) is 0 Å². The van der Waals surface area contributed by atoms with Crippen molar-refractivity contribution in [2.45, 2.75) is 58.5 Å². The van der Waals surface area contributed by atoms with Crippen LogP contribution < -0.4 is 10.6 Å². The van der Waals surface area contributed by atoms with Crippen molar-refractivity contribution in [3.8, 4) is 0 Å². The molecule has 0 radical (unpaired) electrons. The van der Waals surface area contributed by atoms with Crippen molar-refractivity contribution in [1.82, 2.24) is 10.6 Å². The van der Waals surface area contributed by atoms with Gasteiger partial charge in [0.05, 0.1) is 25.9 Å². The van der Waals surface area contributed by atoms with Gasteiger partial charge in [-0.3, -0.25) is 0 Å². The van der Waals surface area contributed by atoms with E-state index < -0.39 is 11.7 Å². The van der Waals surface area contributed by atoms with Crippen molar-refractivity contribution in [1.29, 1.82) is 0 Å². The van der Waals surface area contributed by atoms with E-state index in [9.17, 15) is 4.79 Å². The zero-order valence-electron chi connectivity index (χ0n) is 16.2. The molecule has 1 heterocycles.